The summed E-state index contributed by atoms with van der Waals surface area (Å²) in [5.74, 6) is -0.431. The SMILES string of the molecule is CC(C)Cc1coc2c3c(c(O)cc12)C(=O)C=CC3=O. The Kier molecular flexibility index (Phi) is 2.74. The first-order valence-electron chi connectivity index (χ1n) is 6.51. The van der Waals surface area contributed by atoms with Crippen molar-refractivity contribution in [2.24, 2.45) is 5.92 Å². The van der Waals surface area contributed by atoms with Gasteiger partial charge in [0.05, 0.1) is 17.4 Å². The lowest BCUT2D eigenvalue weighted by molar-refractivity contribution is 0.0992. The lowest BCUT2D eigenvalue weighted by atomic mass is 9.91. The van der Waals surface area contributed by atoms with Crippen molar-refractivity contribution in [3.8, 4) is 5.75 Å². The van der Waals surface area contributed by atoms with Gasteiger partial charge in [-0.1, -0.05) is 13.8 Å². The van der Waals surface area contributed by atoms with E-state index in [9.17, 15) is 14.7 Å². The van der Waals surface area contributed by atoms with Crippen molar-refractivity contribution in [2.75, 3.05) is 0 Å². The molecule has 0 amide bonds. The van der Waals surface area contributed by atoms with Crippen molar-refractivity contribution in [1.29, 1.82) is 0 Å². The lowest BCUT2D eigenvalue weighted by Gasteiger charge is -2.11. The first-order chi connectivity index (χ1) is 9.49. The molecule has 4 heteroatoms. The third-order valence-electron chi connectivity index (χ3n) is 3.43. The zero-order valence-corrected chi connectivity index (χ0v) is 11.3. The normalized spacial score (nSPS) is 14.3. The fraction of sp³-hybridized carbons (Fsp3) is 0.250. The number of aromatic hydroxyl groups is 1. The zero-order valence-electron chi connectivity index (χ0n) is 11.3. The van der Waals surface area contributed by atoms with Crippen LogP contribution >= 0.6 is 0 Å². The van der Waals surface area contributed by atoms with E-state index in [1.807, 2.05) is 0 Å². The van der Waals surface area contributed by atoms with E-state index in [2.05, 4.69) is 13.8 Å². The molecule has 0 saturated carbocycles. The van der Waals surface area contributed by atoms with Crippen LogP contribution in [-0.2, 0) is 6.42 Å². The topological polar surface area (TPSA) is 67.5 Å². The number of furan rings is 1. The molecule has 0 atom stereocenters. The molecule has 102 valence electrons. The molecular weight excluding hydrogens is 256 g/mol. The molecule has 0 unspecified atom stereocenters. The van der Waals surface area contributed by atoms with Gasteiger partial charge in [0.25, 0.3) is 0 Å². The highest BCUT2D eigenvalue weighted by Gasteiger charge is 2.28. The van der Waals surface area contributed by atoms with Gasteiger partial charge in [-0.3, -0.25) is 9.59 Å². The van der Waals surface area contributed by atoms with Gasteiger partial charge in [0.1, 0.15) is 11.3 Å². The summed E-state index contributed by atoms with van der Waals surface area (Å²) in [7, 11) is 0. The molecule has 2 aromatic rings. The number of phenols is 1. The van der Waals surface area contributed by atoms with Crippen LogP contribution in [0.25, 0.3) is 11.0 Å². The summed E-state index contributed by atoms with van der Waals surface area (Å²) in [5.41, 5.74) is 1.53. The van der Waals surface area contributed by atoms with Gasteiger partial charge >= 0.3 is 0 Å². The van der Waals surface area contributed by atoms with Crippen LogP contribution in [-0.4, -0.2) is 16.7 Å². The Bertz CT molecular complexity index is 762. The van der Waals surface area contributed by atoms with Crippen molar-refractivity contribution < 1.29 is 19.1 Å². The highest BCUT2D eigenvalue weighted by Crippen LogP contribution is 2.36. The minimum atomic E-state index is -0.374. The molecule has 1 aromatic heterocycles. The van der Waals surface area contributed by atoms with Gasteiger partial charge < -0.3 is 9.52 Å². The summed E-state index contributed by atoms with van der Waals surface area (Å²) < 4.78 is 5.50. The van der Waals surface area contributed by atoms with Crippen LogP contribution in [0, 0.1) is 5.92 Å². The van der Waals surface area contributed by atoms with Crippen molar-refractivity contribution in [1.82, 2.24) is 0 Å². The van der Waals surface area contributed by atoms with Crippen LogP contribution in [0.15, 0.2) is 28.9 Å². The summed E-state index contributed by atoms with van der Waals surface area (Å²) in [5, 5.41) is 10.8. The number of phenolic OH excluding ortho intramolecular Hbond substituents is 1. The van der Waals surface area contributed by atoms with Gasteiger partial charge in [-0.05, 0) is 36.1 Å². The van der Waals surface area contributed by atoms with Crippen molar-refractivity contribution in [2.45, 2.75) is 20.3 Å². The fourth-order valence-corrected chi connectivity index (χ4v) is 2.61. The Labute approximate surface area is 115 Å². The number of benzene rings is 1. The number of carbonyl (C=O) groups excluding carboxylic acids is 2. The molecule has 20 heavy (non-hydrogen) atoms. The van der Waals surface area contributed by atoms with Crippen LogP contribution in [0.1, 0.15) is 40.1 Å². The molecular formula is C16H14O4. The molecule has 1 heterocycles. The standard InChI is InChI=1S/C16H14O4/c1-8(2)5-9-7-20-16-10(9)6-13(19)14-11(17)3-4-12(18)15(14)16/h3-4,6-8,19H,5H2,1-2H3. The number of allylic oxidation sites excluding steroid dienone is 2. The number of ketones is 2. The van der Waals surface area contributed by atoms with E-state index in [1.54, 1.807) is 6.26 Å². The highest BCUT2D eigenvalue weighted by molar-refractivity contribution is 6.27. The minimum Gasteiger partial charge on any atom is -0.507 e. The van der Waals surface area contributed by atoms with Crippen LogP contribution < -0.4 is 0 Å². The van der Waals surface area contributed by atoms with Gasteiger partial charge in [-0.15, -0.1) is 0 Å². The van der Waals surface area contributed by atoms with Crippen LogP contribution in [0.2, 0.25) is 0 Å². The summed E-state index contributed by atoms with van der Waals surface area (Å²) in [6.07, 6.45) is 4.77. The Morgan fingerprint density at radius 1 is 1.15 bits per heavy atom. The molecule has 1 N–H and O–H groups in total. The van der Waals surface area contributed by atoms with E-state index < -0.39 is 0 Å². The Hall–Kier alpha value is -2.36. The van der Waals surface area contributed by atoms with Gasteiger partial charge in [0, 0.05) is 5.39 Å². The van der Waals surface area contributed by atoms with E-state index in [-0.39, 0.29) is 28.4 Å². The first-order valence-corrected chi connectivity index (χ1v) is 6.51. The van der Waals surface area contributed by atoms with Crippen LogP contribution in [0.5, 0.6) is 5.75 Å². The largest absolute Gasteiger partial charge is 0.507 e. The molecule has 0 fully saturated rings. The van der Waals surface area contributed by atoms with Gasteiger partial charge in [-0.25, -0.2) is 0 Å². The number of hydrogen-bond acceptors (Lipinski definition) is 4. The molecule has 0 bridgehead atoms. The van der Waals surface area contributed by atoms with E-state index in [0.29, 0.717) is 16.9 Å². The average molecular weight is 270 g/mol. The predicted molar refractivity (Wildman–Crippen MR) is 74.2 cm³/mol. The molecule has 1 aliphatic rings. The molecule has 1 aliphatic carbocycles. The monoisotopic (exact) mass is 270 g/mol. The Morgan fingerprint density at radius 2 is 1.80 bits per heavy atom. The summed E-state index contributed by atoms with van der Waals surface area (Å²) in [6, 6.07) is 1.51. The number of rotatable bonds is 2. The third-order valence-corrected chi connectivity index (χ3v) is 3.43. The Morgan fingerprint density at radius 3 is 2.45 bits per heavy atom. The molecule has 0 spiro atoms. The quantitative estimate of drug-likeness (QED) is 0.909. The molecule has 0 radical (unpaired) electrons. The Balaban J connectivity index is 2.32. The predicted octanol–water partition coefficient (Wildman–Crippen LogP) is 3.27. The first kappa shape index (κ1) is 12.7. The van der Waals surface area contributed by atoms with E-state index in [1.165, 1.54) is 18.2 Å². The second kappa shape index (κ2) is 4.34. The maximum atomic E-state index is 12.0. The number of hydrogen-bond donors (Lipinski definition) is 1. The van der Waals surface area contributed by atoms with Crippen LogP contribution in [0.3, 0.4) is 0 Å². The van der Waals surface area contributed by atoms with Gasteiger partial charge in [0.15, 0.2) is 11.6 Å². The lowest BCUT2D eigenvalue weighted by Crippen LogP contribution is -2.12. The number of fused-ring (bicyclic) bond motifs is 3. The molecule has 0 saturated heterocycles. The summed E-state index contributed by atoms with van der Waals surface area (Å²) in [6.45, 7) is 4.16. The maximum absolute atomic E-state index is 12.0. The second-order valence-electron chi connectivity index (χ2n) is 5.44. The van der Waals surface area contributed by atoms with Crippen LogP contribution in [0.4, 0.5) is 0 Å². The third kappa shape index (κ3) is 1.76. The summed E-state index contributed by atoms with van der Waals surface area (Å²) in [4.78, 5) is 23.9. The molecule has 4 nitrogen and oxygen atoms in total. The smallest absolute Gasteiger partial charge is 0.190 e. The van der Waals surface area contributed by atoms with E-state index in [0.717, 1.165) is 12.0 Å². The van der Waals surface area contributed by atoms with Crippen molar-refractivity contribution in [3.05, 3.63) is 41.2 Å². The van der Waals surface area contributed by atoms with E-state index in [4.69, 9.17) is 4.42 Å². The van der Waals surface area contributed by atoms with Crippen molar-refractivity contribution in [3.63, 3.8) is 0 Å². The number of carbonyl (C=O) groups is 2. The second-order valence-corrected chi connectivity index (χ2v) is 5.44. The molecule has 0 aliphatic heterocycles. The molecule has 1 aromatic carbocycles. The highest BCUT2D eigenvalue weighted by atomic mass is 16.3. The fourth-order valence-electron chi connectivity index (χ4n) is 2.61. The average Bonchev–Trinajstić information content (AvgIpc) is 2.75. The summed E-state index contributed by atoms with van der Waals surface area (Å²) >= 11 is 0. The maximum Gasteiger partial charge on any atom is 0.190 e. The van der Waals surface area contributed by atoms with Gasteiger partial charge in [0.2, 0.25) is 0 Å². The zero-order chi connectivity index (χ0) is 14.4. The minimum absolute atomic E-state index is 0.0375. The van der Waals surface area contributed by atoms with Gasteiger partial charge in [-0.2, -0.15) is 0 Å². The van der Waals surface area contributed by atoms with E-state index >= 15 is 0 Å². The van der Waals surface area contributed by atoms with Crippen molar-refractivity contribution >= 4 is 22.5 Å². The molecule has 3 rings (SSSR count).